The van der Waals surface area contributed by atoms with Gasteiger partial charge in [0.15, 0.2) is 23.0 Å². The van der Waals surface area contributed by atoms with Crippen LogP contribution >= 0.6 is 0 Å². The second-order valence-electron chi connectivity index (χ2n) is 6.12. The van der Waals surface area contributed by atoms with E-state index in [-0.39, 0.29) is 0 Å². The molecular weight excluding hydrogens is 306 g/mol. The Kier molecular flexibility index (Phi) is 3.93. The Balaban J connectivity index is 1.78. The van der Waals surface area contributed by atoms with Crippen LogP contribution in [0.25, 0.3) is 16.6 Å². The predicted octanol–water partition coefficient (Wildman–Crippen LogP) is 2.28. The van der Waals surface area contributed by atoms with Crippen LogP contribution in [0.2, 0.25) is 0 Å². The summed E-state index contributed by atoms with van der Waals surface area (Å²) in [5, 5.41) is 9.70. The standard InChI is InChI=1S/C17H21N5O2/c1-23-14-8-12-13(9-15(14)24-2)18-11-22-16(19-20-17(12)22)10-21-6-4-3-5-7-21/h8-9,11H,3-7,10H2,1-2H3. The molecular formula is C17H21N5O2. The van der Waals surface area contributed by atoms with Crippen molar-refractivity contribution in [1.29, 1.82) is 0 Å². The van der Waals surface area contributed by atoms with Gasteiger partial charge in [-0.25, -0.2) is 4.98 Å². The minimum Gasteiger partial charge on any atom is -0.493 e. The summed E-state index contributed by atoms with van der Waals surface area (Å²) in [6.07, 6.45) is 5.64. The molecule has 2 aromatic heterocycles. The zero-order valence-electron chi connectivity index (χ0n) is 14.0. The minimum atomic E-state index is 0.662. The first-order valence-corrected chi connectivity index (χ1v) is 8.27. The van der Waals surface area contributed by atoms with Crippen molar-refractivity contribution in [2.75, 3.05) is 27.3 Å². The third-order valence-electron chi connectivity index (χ3n) is 4.64. The highest BCUT2D eigenvalue weighted by Crippen LogP contribution is 2.32. The Morgan fingerprint density at radius 1 is 1.00 bits per heavy atom. The molecule has 7 heteroatoms. The van der Waals surface area contributed by atoms with Crippen LogP contribution in [0, 0.1) is 0 Å². The number of benzene rings is 1. The van der Waals surface area contributed by atoms with Crippen LogP contribution in [-0.4, -0.2) is 51.8 Å². The molecule has 3 heterocycles. The highest BCUT2D eigenvalue weighted by molar-refractivity contribution is 5.93. The monoisotopic (exact) mass is 327 g/mol. The quantitative estimate of drug-likeness (QED) is 0.732. The number of nitrogens with zero attached hydrogens (tertiary/aromatic N) is 5. The fourth-order valence-electron chi connectivity index (χ4n) is 3.33. The van der Waals surface area contributed by atoms with Gasteiger partial charge in [0.05, 0.1) is 26.3 Å². The number of fused-ring (bicyclic) bond motifs is 3. The van der Waals surface area contributed by atoms with Crippen molar-refractivity contribution in [3.8, 4) is 11.5 Å². The fraction of sp³-hybridized carbons (Fsp3) is 0.471. The van der Waals surface area contributed by atoms with Gasteiger partial charge in [0, 0.05) is 11.5 Å². The summed E-state index contributed by atoms with van der Waals surface area (Å²) < 4.78 is 12.7. The average molecular weight is 327 g/mol. The molecule has 1 saturated heterocycles. The number of rotatable bonds is 4. The Labute approximate surface area is 140 Å². The van der Waals surface area contributed by atoms with E-state index < -0.39 is 0 Å². The zero-order chi connectivity index (χ0) is 16.5. The van der Waals surface area contributed by atoms with Crippen LogP contribution in [0.1, 0.15) is 25.1 Å². The third kappa shape index (κ3) is 2.54. The van der Waals surface area contributed by atoms with E-state index in [4.69, 9.17) is 9.47 Å². The maximum Gasteiger partial charge on any atom is 0.171 e. The van der Waals surface area contributed by atoms with E-state index >= 15 is 0 Å². The summed E-state index contributed by atoms with van der Waals surface area (Å²) in [4.78, 5) is 6.98. The molecule has 0 amide bonds. The Morgan fingerprint density at radius 3 is 2.50 bits per heavy atom. The molecule has 0 aliphatic carbocycles. The molecule has 1 aliphatic heterocycles. The summed E-state index contributed by atoms with van der Waals surface area (Å²) in [7, 11) is 3.25. The molecule has 1 aromatic carbocycles. The van der Waals surface area contributed by atoms with Gasteiger partial charge in [0.1, 0.15) is 6.33 Å². The van der Waals surface area contributed by atoms with Gasteiger partial charge in [-0.3, -0.25) is 9.30 Å². The van der Waals surface area contributed by atoms with Crippen LogP contribution in [0.3, 0.4) is 0 Å². The number of likely N-dealkylation sites (tertiary alicyclic amines) is 1. The van der Waals surface area contributed by atoms with Crippen LogP contribution in [0.5, 0.6) is 11.5 Å². The van der Waals surface area contributed by atoms with Crippen molar-refractivity contribution in [2.45, 2.75) is 25.8 Å². The highest BCUT2D eigenvalue weighted by Gasteiger charge is 2.17. The van der Waals surface area contributed by atoms with E-state index in [9.17, 15) is 0 Å². The first kappa shape index (κ1) is 15.1. The van der Waals surface area contributed by atoms with Crippen LogP contribution in [0.4, 0.5) is 0 Å². The number of hydrogen-bond donors (Lipinski definition) is 0. The molecule has 0 radical (unpaired) electrons. The topological polar surface area (TPSA) is 64.8 Å². The first-order chi connectivity index (χ1) is 11.8. The molecule has 7 nitrogen and oxygen atoms in total. The number of aromatic nitrogens is 4. The molecule has 1 fully saturated rings. The lowest BCUT2D eigenvalue weighted by molar-refractivity contribution is 0.215. The van der Waals surface area contributed by atoms with Gasteiger partial charge in [-0.1, -0.05) is 6.42 Å². The first-order valence-electron chi connectivity index (χ1n) is 8.27. The fourth-order valence-corrected chi connectivity index (χ4v) is 3.33. The lowest BCUT2D eigenvalue weighted by Crippen LogP contribution is -2.29. The van der Waals surface area contributed by atoms with Crippen molar-refractivity contribution in [2.24, 2.45) is 0 Å². The highest BCUT2D eigenvalue weighted by atomic mass is 16.5. The predicted molar refractivity (Wildman–Crippen MR) is 90.5 cm³/mol. The largest absolute Gasteiger partial charge is 0.493 e. The molecule has 0 saturated carbocycles. The molecule has 0 N–H and O–H groups in total. The minimum absolute atomic E-state index is 0.662. The summed E-state index contributed by atoms with van der Waals surface area (Å²) in [5.74, 6) is 2.26. The van der Waals surface area contributed by atoms with Gasteiger partial charge >= 0.3 is 0 Å². The Bertz CT molecular complexity index is 870. The van der Waals surface area contributed by atoms with Gasteiger partial charge < -0.3 is 9.47 Å². The van der Waals surface area contributed by atoms with E-state index in [2.05, 4.69) is 20.1 Å². The molecule has 0 spiro atoms. The van der Waals surface area contributed by atoms with E-state index in [0.29, 0.717) is 11.5 Å². The SMILES string of the molecule is COc1cc2ncn3c(CN4CCCCC4)nnc3c2cc1OC. The second kappa shape index (κ2) is 6.24. The van der Waals surface area contributed by atoms with Crippen LogP contribution < -0.4 is 9.47 Å². The van der Waals surface area contributed by atoms with Gasteiger partial charge in [-0.15, -0.1) is 10.2 Å². The number of piperidine rings is 1. The molecule has 0 unspecified atom stereocenters. The third-order valence-corrected chi connectivity index (χ3v) is 4.64. The van der Waals surface area contributed by atoms with Gasteiger partial charge in [0.2, 0.25) is 0 Å². The summed E-state index contributed by atoms with van der Waals surface area (Å²) >= 11 is 0. The zero-order valence-corrected chi connectivity index (χ0v) is 14.0. The van der Waals surface area contributed by atoms with Crippen molar-refractivity contribution in [3.05, 3.63) is 24.3 Å². The molecule has 1 aliphatic rings. The van der Waals surface area contributed by atoms with E-state index in [1.54, 1.807) is 20.5 Å². The number of methoxy groups -OCH3 is 2. The van der Waals surface area contributed by atoms with E-state index in [1.165, 1.54) is 19.3 Å². The number of hydrogen-bond acceptors (Lipinski definition) is 6. The lowest BCUT2D eigenvalue weighted by Gasteiger charge is -2.25. The molecule has 126 valence electrons. The van der Waals surface area contributed by atoms with Crippen molar-refractivity contribution in [1.82, 2.24) is 24.5 Å². The Morgan fingerprint density at radius 2 is 1.75 bits per heavy atom. The molecule has 0 atom stereocenters. The maximum absolute atomic E-state index is 5.40. The maximum atomic E-state index is 5.40. The van der Waals surface area contributed by atoms with E-state index in [0.717, 1.165) is 42.0 Å². The van der Waals surface area contributed by atoms with Gasteiger partial charge in [0.25, 0.3) is 0 Å². The van der Waals surface area contributed by atoms with Gasteiger partial charge in [-0.2, -0.15) is 0 Å². The van der Waals surface area contributed by atoms with Gasteiger partial charge in [-0.05, 0) is 32.0 Å². The summed E-state index contributed by atoms with van der Waals surface area (Å²) in [6.45, 7) is 3.06. The average Bonchev–Trinajstić information content (AvgIpc) is 3.04. The molecule has 0 bridgehead atoms. The lowest BCUT2D eigenvalue weighted by atomic mass is 10.1. The molecule has 3 aromatic rings. The van der Waals surface area contributed by atoms with Crippen molar-refractivity contribution < 1.29 is 9.47 Å². The second-order valence-corrected chi connectivity index (χ2v) is 6.12. The van der Waals surface area contributed by atoms with Crippen LogP contribution in [0.15, 0.2) is 18.5 Å². The van der Waals surface area contributed by atoms with Crippen molar-refractivity contribution >= 4 is 16.6 Å². The normalized spacial score (nSPS) is 15.9. The smallest absolute Gasteiger partial charge is 0.171 e. The summed E-state index contributed by atoms with van der Waals surface area (Å²) in [6, 6.07) is 3.78. The van der Waals surface area contributed by atoms with Crippen LogP contribution in [-0.2, 0) is 6.54 Å². The summed E-state index contributed by atoms with van der Waals surface area (Å²) in [5.41, 5.74) is 1.62. The number of ether oxygens (including phenoxy) is 2. The molecule has 24 heavy (non-hydrogen) atoms. The van der Waals surface area contributed by atoms with Crippen molar-refractivity contribution in [3.63, 3.8) is 0 Å². The Hall–Kier alpha value is -2.41. The van der Waals surface area contributed by atoms with E-state index in [1.807, 2.05) is 16.5 Å². The molecule has 4 rings (SSSR count).